The van der Waals surface area contributed by atoms with E-state index in [1.54, 1.807) is 53.4 Å². The van der Waals surface area contributed by atoms with Crippen molar-refractivity contribution in [3.8, 4) is 22.3 Å². The van der Waals surface area contributed by atoms with Crippen LogP contribution in [0.25, 0.3) is 22.3 Å². The van der Waals surface area contributed by atoms with Gasteiger partial charge >= 0.3 is 249 Å². The first-order valence-corrected chi connectivity index (χ1v) is 46.9. The summed E-state index contributed by atoms with van der Waals surface area (Å²) in [6.45, 7) is 9.81. The average Bonchev–Trinajstić information content (AvgIpc) is 3.50. The van der Waals surface area contributed by atoms with Crippen molar-refractivity contribution in [1.29, 1.82) is 0 Å². The molecule has 207 valence electrons. The fraction of sp³-hybridized carbons (Fsp3) is 0.368. The van der Waals surface area contributed by atoms with Crippen molar-refractivity contribution in [3.63, 3.8) is 0 Å². The number of unbranched alkanes of at least 4 members (excludes halogenated alkanes) is 2. The predicted molar refractivity (Wildman–Crippen MR) is 176 cm³/mol. The predicted octanol–water partition coefficient (Wildman–Crippen LogP) is 9.51. The quantitative estimate of drug-likeness (QED) is 0.128. The molecule has 0 nitrogen and oxygen atoms in total. The standard InChI is InChI=1S/2C14H11.2C4H9.2CH3.Hf.Sn.H/c2*1-10-6-7-14-12(8-10)9-11-4-2-3-5-13(11)14;2*1-3-4-2;;;;;/h2*2-7H,9H2,1H3;2*1,3-4H2,2H3;2*1H3;;;. The molecule has 2 aliphatic carbocycles. The second kappa shape index (κ2) is 11.0. The average molecular weight is 801 g/mol. The Labute approximate surface area is 247 Å². The van der Waals surface area contributed by atoms with Crippen molar-refractivity contribution in [2.75, 3.05) is 0 Å². The minimum atomic E-state index is -3.97. The zero-order chi connectivity index (χ0) is 28.1. The fourth-order valence-corrected chi connectivity index (χ4v) is 131. The van der Waals surface area contributed by atoms with E-state index in [0.717, 1.165) is 12.8 Å². The molecule has 6 rings (SSSR count). The minimum absolute atomic E-state index is 1.13. The van der Waals surface area contributed by atoms with Crippen LogP contribution in [0.5, 0.6) is 0 Å². The van der Waals surface area contributed by atoms with Crippen molar-refractivity contribution >= 4 is 22.0 Å². The van der Waals surface area contributed by atoms with Gasteiger partial charge in [-0.2, -0.15) is 0 Å². The van der Waals surface area contributed by atoms with Crippen LogP contribution in [0.2, 0.25) is 18.2 Å². The molecular weight excluding hydrogens is 754 g/mol. The number of aryl methyl sites for hydroxylation is 2. The Balaban J connectivity index is 1.70. The summed E-state index contributed by atoms with van der Waals surface area (Å²) < 4.78 is 13.0. The summed E-state index contributed by atoms with van der Waals surface area (Å²) >= 11 is -6.13. The van der Waals surface area contributed by atoms with E-state index in [0.29, 0.717) is 0 Å². The summed E-state index contributed by atoms with van der Waals surface area (Å²) in [5, 5.41) is 0. The van der Waals surface area contributed by atoms with E-state index < -0.39 is 29.7 Å². The summed E-state index contributed by atoms with van der Waals surface area (Å²) in [5.74, 6) is 0. The van der Waals surface area contributed by atoms with Gasteiger partial charge in [-0.25, -0.2) is 0 Å². The zero-order valence-corrected chi connectivity index (χ0v) is 32.6. The molecule has 0 fully saturated rings. The van der Waals surface area contributed by atoms with Crippen molar-refractivity contribution in [1.82, 2.24) is 0 Å². The van der Waals surface area contributed by atoms with E-state index in [-0.39, 0.29) is 0 Å². The first-order chi connectivity index (χ1) is 19.3. The van der Waals surface area contributed by atoms with E-state index in [4.69, 9.17) is 0 Å². The summed E-state index contributed by atoms with van der Waals surface area (Å²) in [6, 6.07) is 28.5. The van der Waals surface area contributed by atoms with E-state index in [2.05, 4.69) is 110 Å². The summed E-state index contributed by atoms with van der Waals surface area (Å²) in [4.78, 5) is 0. The topological polar surface area (TPSA) is 0 Å². The molecular formula is C38H47HfSn. The Morgan fingerprint density at radius 2 is 1.00 bits per heavy atom. The molecule has 4 aromatic rings. The van der Waals surface area contributed by atoms with Gasteiger partial charge in [-0.05, 0) is 0 Å². The molecule has 0 amide bonds. The molecule has 2 aliphatic rings. The molecule has 0 spiro atoms. The van der Waals surface area contributed by atoms with Gasteiger partial charge in [-0.15, -0.1) is 0 Å². The van der Waals surface area contributed by atoms with Gasteiger partial charge in [0.1, 0.15) is 0 Å². The number of fused-ring (bicyclic) bond motifs is 6. The van der Waals surface area contributed by atoms with Crippen molar-refractivity contribution in [2.24, 2.45) is 0 Å². The third-order valence-corrected chi connectivity index (χ3v) is 127. The first-order valence-electron chi connectivity index (χ1n) is 15.9. The van der Waals surface area contributed by atoms with E-state index in [1.165, 1.54) is 36.8 Å². The Morgan fingerprint density at radius 1 is 0.575 bits per heavy atom. The van der Waals surface area contributed by atoms with Gasteiger partial charge in [0.15, 0.2) is 0 Å². The Hall–Kier alpha value is -1.45. The molecule has 40 heavy (non-hydrogen) atoms. The van der Waals surface area contributed by atoms with Crippen LogP contribution < -0.4 is 6.64 Å². The second-order valence-electron chi connectivity index (χ2n) is 13.7. The van der Waals surface area contributed by atoms with Crippen molar-refractivity contribution < 1.29 is 14.4 Å². The molecule has 0 N–H and O–H groups in total. The maximum atomic E-state index is 2.99. The molecule has 0 unspecified atom stereocenters. The third-order valence-electron chi connectivity index (χ3n) is 11.0. The van der Waals surface area contributed by atoms with Crippen LogP contribution in [-0.4, -0.2) is 15.3 Å². The van der Waals surface area contributed by atoms with Gasteiger partial charge in [0.05, 0.1) is 0 Å². The molecule has 0 aromatic heterocycles. The van der Waals surface area contributed by atoms with Crippen LogP contribution in [0.4, 0.5) is 0 Å². The molecule has 0 saturated carbocycles. The van der Waals surface area contributed by atoms with E-state index in [1.807, 2.05) is 6.64 Å². The van der Waals surface area contributed by atoms with E-state index >= 15 is 0 Å². The Bertz CT molecular complexity index is 1480. The maximum absolute atomic E-state index is 3.97. The number of hydrogen-bond donors (Lipinski definition) is 0. The SMILES string of the molecule is CCC[CH2][SnH]([CH2]CCC)[Hf]([CH3])([CH3])([c]1c(C)ccc2c1Cc1ccccc1-2)[c]1c(C)ccc2c1Cc1ccccc1-2. The number of benzene rings is 4. The van der Waals surface area contributed by atoms with Gasteiger partial charge in [0.2, 0.25) is 0 Å². The van der Waals surface area contributed by atoms with Crippen LogP contribution in [-0.2, 0) is 27.2 Å². The van der Waals surface area contributed by atoms with Crippen LogP contribution in [0.1, 0.15) is 72.9 Å². The molecule has 0 saturated heterocycles. The van der Waals surface area contributed by atoms with Crippen molar-refractivity contribution in [3.05, 3.63) is 106 Å². The van der Waals surface area contributed by atoms with Gasteiger partial charge < -0.3 is 0 Å². The van der Waals surface area contributed by atoms with Crippen LogP contribution >= 0.6 is 0 Å². The van der Waals surface area contributed by atoms with Crippen LogP contribution in [0.15, 0.2) is 72.8 Å². The second-order valence-corrected chi connectivity index (χ2v) is 103. The summed E-state index contributed by atoms with van der Waals surface area (Å²) in [7, 11) is 0. The monoisotopic (exact) mass is 803 g/mol. The van der Waals surface area contributed by atoms with Gasteiger partial charge in [-0.3, -0.25) is 0 Å². The van der Waals surface area contributed by atoms with Gasteiger partial charge in [0, 0.05) is 0 Å². The Morgan fingerprint density at radius 3 is 1.43 bits per heavy atom. The summed E-state index contributed by atoms with van der Waals surface area (Å²) in [5.41, 5.74) is 15.8. The molecule has 0 radical (unpaired) electrons. The number of hydrogen-bond acceptors (Lipinski definition) is 0. The molecule has 2 heteroatoms. The third kappa shape index (κ3) is 4.39. The van der Waals surface area contributed by atoms with Crippen LogP contribution in [0.3, 0.4) is 0 Å². The molecule has 0 aliphatic heterocycles. The molecule has 0 atom stereocenters. The molecule has 4 aromatic carbocycles. The normalized spacial score (nSPS) is 14.4. The van der Waals surface area contributed by atoms with Crippen molar-refractivity contribution in [2.45, 2.75) is 84.5 Å². The fourth-order valence-electron chi connectivity index (χ4n) is 9.24. The summed E-state index contributed by atoms with van der Waals surface area (Å²) in [6.07, 6.45) is 7.79. The van der Waals surface area contributed by atoms with Gasteiger partial charge in [-0.1, -0.05) is 0 Å². The van der Waals surface area contributed by atoms with Crippen LogP contribution in [0, 0.1) is 13.8 Å². The van der Waals surface area contributed by atoms with E-state index in [9.17, 15) is 0 Å². The number of rotatable bonds is 9. The Kier molecular flexibility index (Phi) is 7.88. The zero-order valence-electron chi connectivity index (χ0n) is 25.7. The first kappa shape index (κ1) is 28.7. The molecule has 0 bridgehead atoms. The molecule has 0 heterocycles. The van der Waals surface area contributed by atoms with Gasteiger partial charge in [0.25, 0.3) is 0 Å².